The average molecular weight is 360 g/mol. The molecule has 0 aliphatic heterocycles. The van der Waals surface area contributed by atoms with E-state index in [4.69, 9.17) is 20.8 Å². The van der Waals surface area contributed by atoms with Crippen molar-refractivity contribution in [2.45, 2.75) is 31.4 Å². The number of ether oxygens (including phenoxy) is 1. The summed E-state index contributed by atoms with van der Waals surface area (Å²) in [4.78, 5) is 11.8. The lowest BCUT2D eigenvalue weighted by Crippen LogP contribution is -2.39. The predicted octanol–water partition coefficient (Wildman–Crippen LogP) is 1.44. The van der Waals surface area contributed by atoms with Gasteiger partial charge in [0.2, 0.25) is 15.9 Å². The van der Waals surface area contributed by atoms with Gasteiger partial charge in [0.15, 0.2) is 6.61 Å². The van der Waals surface area contributed by atoms with Crippen molar-refractivity contribution in [3.8, 4) is 0 Å². The molecule has 1 N–H and O–H groups in total. The van der Waals surface area contributed by atoms with Gasteiger partial charge in [-0.15, -0.1) is 10.2 Å². The molecule has 1 aromatic carbocycles. The fourth-order valence-electron chi connectivity index (χ4n) is 1.62. The predicted molar refractivity (Wildman–Crippen MR) is 80.1 cm³/mol. The highest BCUT2D eigenvalue weighted by molar-refractivity contribution is 7.89. The Labute approximate surface area is 137 Å². The molecule has 0 bridgehead atoms. The molecule has 0 aliphatic carbocycles. The van der Waals surface area contributed by atoms with Crippen molar-refractivity contribution in [1.29, 1.82) is 0 Å². The van der Waals surface area contributed by atoms with Gasteiger partial charge in [0.1, 0.15) is 6.04 Å². The quantitative estimate of drug-likeness (QED) is 0.776. The van der Waals surface area contributed by atoms with Gasteiger partial charge in [-0.3, -0.25) is 4.79 Å². The standard InChI is InChI=1S/C13H14ClN3O5S/c1-8(13(18)21-7-12-16-15-9(2)22-12)17-23(19,20)11-5-3-10(14)4-6-11/h3-6,8,17H,7H2,1-2H3. The van der Waals surface area contributed by atoms with Crippen LogP contribution in [0.3, 0.4) is 0 Å². The van der Waals surface area contributed by atoms with Crippen LogP contribution < -0.4 is 4.72 Å². The summed E-state index contributed by atoms with van der Waals surface area (Å²) in [6, 6.07) is 4.47. The van der Waals surface area contributed by atoms with E-state index in [1.54, 1.807) is 6.92 Å². The first-order valence-corrected chi connectivity index (χ1v) is 8.37. The van der Waals surface area contributed by atoms with Crippen LogP contribution in [0.5, 0.6) is 0 Å². The Morgan fingerprint density at radius 1 is 1.35 bits per heavy atom. The van der Waals surface area contributed by atoms with Crippen LogP contribution >= 0.6 is 11.6 Å². The molecule has 2 rings (SSSR count). The number of aryl methyl sites for hydroxylation is 1. The molecule has 1 atom stereocenters. The van der Waals surface area contributed by atoms with Crippen LogP contribution in [0, 0.1) is 6.92 Å². The molecule has 0 saturated heterocycles. The molecule has 10 heteroatoms. The van der Waals surface area contributed by atoms with E-state index >= 15 is 0 Å². The van der Waals surface area contributed by atoms with Gasteiger partial charge in [0, 0.05) is 11.9 Å². The molecule has 124 valence electrons. The summed E-state index contributed by atoms with van der Waals surface area (Å²) in [7, 11) is -3.86. The van der Waals surface area contributed by atoms with Crippen LogP contribution in [0.15, 0.2) is 33.6 Å². The molecule has 0 radical (unpaired) electrons. The van der Waals surface area contributed by atoms with Gasteiger partial charge in [0.05, 0.1) is 4.90 Å². The summed E-state index contributed by atoms with van der Waals surface area (Å²) in [5.74, 6) is -0.297. The Kier molecular flexibility index (Phi) is 5.34. The van der Waals surface area contributed by atoms with Crippen molar-refractivity contribution in [2.24, 2.45) is 0 Å². The first-order chi connectivity index (χ1) is 10.8. The minimum Gasteiger partial charge on any atom is -0.454 e. The molecular formula is C13H14ClN3O5S. The number of carbonyl (C=O) groups is 1. The van der Waals surface area contributed by atoms with Crippen molar-refractivity contribution in [1.82, 2.24) is 14.9 Å². The molecule has 23 heavy (non-hydrogen) atoms. The van der Waals surface area contributed by atoms with Gasteiger partial charge in [-0.1, -0.05) is 11.6 Å². The van der Waals surface area contributed by atoms with Crippen LogP contribution in [0.1, 0.15) is 18.7 Å². The summed E-state index contributed by atoms with van der Waals surface area (Å²) in [6.45, 7) is 2.74. The highest BCUT2D eigenvalue weighted by Crippen LogP contribution is 2.14. The number of carbonyl (C=O) groups excluding carboxylic acids is 1. The van der Waals surface area contributed by atoms with Crippen LogP contribution in [0.25, 0.3) is 0 Å². The van der Waals surface area contributed by atoms with E-state index < -0.39 is 22.0 Å². The van der Waals surface area contributed by atoms with Crippen molar-refractivity contribution < 1.29 is 22.4 Å². The highest BCUT2D eigenvalue weighted by atomic mass is 35.5. The largest absolute Gasteiger partial charge is 0.454 e. The average Bonchev–Trinajstić information content (AvgIpc) is 2.90. The van der Waals surface area contributed by atoms with Crippen LogP contribution in [0.2, 0.25) is 5.02 Å². The summed E-state index contributed by atoms with van der Waals surface area (Å²) < 4.78 is 36.5. The Morgan fingerprint density at radius 2 is 2.00 bits per heavy atom. The first kappa shape index (κ1) is 17.4. The Hall–Kier alpha value is -1.97. The molecular weight excluding hydrogens is 346 g/mol. The van der Waals surface area contributed by atoms with E-state index in [1.807, 2.05) is 0 Å². The number of esters is 1. The summed E-state index contributed by atoms with van der Waals surface area (Å²) >= 11 is 5.71. The molecule has 0 aliphatic rings. The van der Waals surface area contributed by atoms with Gasteiger partial charge >= 0.3 is 5.97 Å². The Morgan fingerprint density at radius 3 is 2.57 bits per heavy atom. The summed E-state index contributed by atoms with van der Waals surface area (Å²) in [5.41, 5.74) is 0. The molecule has 0 saturated carbocycles. The van der Waals surface area contributed by atoms with Gasteiger partial charge in [-0.2, -0.15) is 4.72 Å². The van der Waals surface area contributed by atoms with E-state index in [0.717, 1.165) is 0 Å². The van der Waals surface area contributed by atoms with E-state index in [9.17, 15) is 13.2 Å². The monoisotopic (exact) mass is 359 g/mol. The third-order valence-electron chi connectivity index (χ3n) is 2.72. The highest BCUT2D eigenvalue weighted by Gasteiger charge is 2.23. The van der Waals surface area contributed by atoms with Crippen LogP contribution in [-0.2, 0) is 26.2 Å². The van der Waals surface area contributed by atoms with Gasteiger partial charge < -0.3 is 9.15 Å². The number of rotatable bonds is 6. The van der Waals surface area contributed by atoms with Gasteiger partial charge in [-0.05, 0) is 31.2 Å². The fourth-order valence-corrected chi connectivity index (χ4v) is 2.93. The third-order valence-corrected chi connectivity index (χ3v) is 4.52. The number of hydrogen-bond acceptors (Lipinski definition) is 7. The second kappa shape index (κ2) is 7.07. The molecule has 1 aromatic heterocycles. The minimum absolute atomic E-state index is 0.00549. The number of aromatic nitrogens is 2. The normalized spacial score (nSPS) is 12.8. The lowest BCUT2D eigenvalue weighted by Gasteiger charge is -2.13. The molecule has 0 fully saturated rings. The van der Waals surface area contributed by atoms with Crippen molar-refractivity contribution in [3.63, 3.8) is 0 Å². The zero-order valence-corrected chi connectivity index (χ0v) is 13.9. The zero-order chi connectivity index (χ0) is 17.0. The van der Waals surface area contributed by atoms with E-state index in [-0.39, 0.29) is 17.4 Å². The lowest BCUT2D eigenvalue weighted by molar-refractivity contribution is -0.147. The van der Waals surface area contributed by atoms with E-state index in [2.05, 4.69) is 14.9 Å². The Bertz CT molecular complexity index is 788. The molecule has 1 unspecified atom stereocenters. The summed E-state index contributed by atoms with van der Waals surface area (Å²) in [5, 5.41) is 7.66. The van der Waals surface area contributed by atoms with Crippen molar-refractivity contribution in [2.75, 3.05) is 0 Å². The maximum atomic E-state index is 12.1. The van der Waals surface area contributed by atoms with Crippen LogP contribution in [-0.4, -0.2) is 30.6 Å². The van der Waals surface area contributed by atoms with E-state index in [1.165, 1.54) is 31.2 Å². The van der Waals surface area contributed by atoms with Crippen molar-refractivity contribution in [3.05, 3.63) is 41.1 Å². The third kappa shape index (κ3) is 4.75. The first-order valence-electron chi connectivity index (χ1n) is 6.51. The van der Waals surface area contributed by atoms with Crippen molar-refractivity contribution >= 4 is 27.6 Å². The lowest BCUT2D eigenvalue weighted by atomic mass is 10.4. The van der Waals surface area contributed by atoms with Crippen LogP contribution in [0.4, 0.5) is 0 Å². The molecule has 8 nitrogen and oxygen atoms in total. The smallest absolute Gasteiger partial charge is 0.324 e. The van der Waals surface area contributed by atoms with Gasteiger partial charge in [0.25, 0.3) is 5.89 Å². The topological polar surface area (TPSA) is 111 Å². The second-order valence-electron chi connectivity index (χ2n) is 4.62. The Balaban J connectivity index is 1.95. The number of halogens is 1. The summed E-state index contributed by atoms with van der Waals surface area (Å²) in [6.07, 6.45) is 0. The molecule has 0 amide bonds. The molecule has 0 spiro atoms. The maximum Gasteiger partial charge on any atom is 0.324 e. The fraction of sp³-hybridized carbons (Fsp3) is 0.308. The minimum atomic E-state index is -3.86. The molecule has 1 heterocycles. The SMILES string of the molecule is Cc1nnc(COC(=O)C(C)NS(=O)(=O)c2ccc(Cl)cc2)o1. The molecule has 2 aromatic rings. The number of nitrogens with zero attached hydrogens (tertiary/aromatic N) is 2. The van der Waals surface area contributed by atoms with E-state index in [0.29, 0.717) is 10.9 Å². The number of benzene rings is 1. The second-order valence-corrected chi connectivity index (χ2v) is 6.77. The number of nitrogens with one attached hydrogen (secondary N) is 1. The number of hydrogen-bond donors (Lipinski definition) is 1. The van der Waals surface area contributed by atoms with Gasteiger partial charge in [-0.25, -0.2) is 8.42 Å². The zero-order valence-electron chi connectivity index (χ0n) is 12.3. The number of sulfonamides is 1. The maximum absolute atomic E-state index is 12.1.